The maximum absolute atomic E-state index is 11.0. The van der Waals surface area contributed by atoms with Crippen LogP contribution in [0.15, 0.2) is 12.1 Å². The van der Waals surface area contributed by atoms with Gasteiger partial charge < -0.3 is 9.84 Å². The molecule has 120 valence electrons. The van der Waals surface area contributed by atoms with Crippen molar-refractivity contribution >= 4 is 5.97 Å². The van der Waals surface area contributed by atoms with Gasteiger partial charge in [0.15, 0.2) is 0 Å². The van der Waals surface area contributed by atoms with E-state index in [4.69, 9.17) is 9.84 Å². The van der Waals surface area contributed by atoms with E-state index in [0.717, 1.165) is 71.0 Å². The van der Waals surface area contributed by atoms with Gasteiger partial charge in [-0.15, -0.1) is 0 Å². The standard InChI is InChI=1S/C16H23N3O3/c20-16(21)14-3-2-13-4-6-19(12-15(13)17-14)8-7-18-5-1-10-22-11-9-18/h2-3H,1,4-12H2,(H,20,21). The van der Waals surface area contributed by atoms with E-state index < -0.39 is 5.97 Å². The highest BCUT2D eigenvalue weighted by Gasteiger charge is 2.20. The molecule has 0 saturated carbocycles. The van der Waals surface area contributed by atoms with E-state index in [1.165, 1.54) is 5.56 Å². The first-order valence-corrected chi connectivity index (χ1v) is 7.97. The average Bonchev–Trinajstić information content (AvgIpc) is 2.80. The first-order chi connectivity index (χ1) is 10.7. The molecule has 0 bridgehead atoms. The molecule has 1 aromatic heterocycles. The number of nitrogens with zero attached hydrogens (tertiary/aromatic N) is 3. The summed E-state index contributed by atoms with van der Waals surface area (Å²) >= 11 is 0. The fourth-order valence-corrected chi connectivity index (χ4v) is 3.08. The summed E-state index contributed by atoms with van der Waals surface area (Å²) in [4.78, 5) is 20.2. The molecule has 0 radical (unpaired) electrons. The molecule has 3 rings (SSSR count). The number of hydrogen-bond acceptors (Lipinski definition) is 5. The van der Waals surface area contributed by atoms with Crippen LogP contribution in [0, 0.1) is 0 Å². The van der Waals surface area contributed by atoms with Crippen molar-refractivity contribution in [1.82, 2.24) is 14.8 Å². The van der Waals surface area contributed by atoms with Gasteiger partial charge in [-0.3, -0.25) is 9.80 Å². The van der Waals surface area contributed by atoms with Gasteiger partial charge >= 0.3 is 5.97 Å². The third kappa shape index (κ3) is 3.82. The molecule has 1 saturated heterocycles. The molecule has 2 aliphatic heterocycles. The Morgan fingerprint density at radius 1 is 1.18 bits per heavy atom. The van der Waals surface area contributed by atoms with E-state index >= 15 is 0 Å². The van der Waals surface area contributed by atoms with Crippen LogP contribution in [0.4, 0.5) is 0 Å². The number of carboxylic acid groups (broad SMARTS) is 1. The summed E-state index contributed by atoms with van der Waals surface area (Å²) in [6, 6.07) is 3.52. The topological polar surface area (TPSA) is 65.9 Å². The summed E-state index contributed by atoms with van der Waals surface area (Å²) in [5.74, 6) is -0.954. The second kappa shape index (κ2) is 7.17. The second-order valence-corrected chi connectivity index (χ2v) is 5.94. The number of hydrogen-bond donors (Lipinski definition) is 1. The van der Waals surface area contributed by atoms with E-state index in [1.54, 1.807) is 6.07 Å². The van der Waals surface area contributed by atoms with E-state index in [0.29, 0.717) is 0 Å². The van der Waals surface area contributed by atoms with Gasteiger partial charge in [0.05, 0.1) is 12.3 Å². The van der Waals surface area contributed by atoms with Crippen LogP contribution in [0.5, 0.6) is 0 Å². The zero-order valence-corrected chi connectivity index (χ0v) is 12.8. The van der Waals surface area contributed by atoms with Gasteiger partial charge in [-0.05, 0) is 24.5 Å². The van der Waals surface area contributed by atoms with Crippen LogP contribution in [0.2, 0.25) is 0 Å². The second-order valence-electron chi connectivity index (χ2n) is 5.94. The Morgan fingerprint density at radius 3 is 2.91 bits per heavy atom. The van der Waals surface area contributed by atoms with Crippen LogP contribution in [-0.2, 0) is 17.7 Å². The predicted molar refractivity (Wildman–Crippen MR) is 82.1 cm³/mol. The highest BCUT2D eigenvalue weighted by Crippen LogP contribution is 2.17. The van der Waals surface area contributed by atoms with Crippen molar-refractivity contribution < 1.29 is 14.6 Å². The minimum Gasteiger partial charge on any atom is -0.477 e. The lowest BCUT2D eigenvalue weighted by Crippen LogP contribution is -2.39. The molecule has 1 fully saturated rings. The molecule has 22 heavy (non-hydrogen) atoms. The SMILES string of the molecule is O=C(O)c1ccc2c(n1)CN(CCN1CCCOCC1)CC2. The summed E-state index contributed by atoms with van der Waals surface area (Å²) in [5.41, 5.74) is 2.25. The maximum atomic E-state index is 11.0. The molecule has 6 heteroatoms. The van der Waals surface area contributed by atoms with Gasteiger partial charge in [0.2, 0.25) is 0 Å². The number of ether oxygens (including phenoxy) is 1. The summed E-state index contributed by atoms with van der Waals surface area (Å²) in [7, 11) is 0. The van der Waals surface area contributed by atoms with E-state index in [-0.39, 0.29) is 5.69 Å². The predicted octanol–water partition coefficient (Wildman–Crippen LogP) is 0.860. The molecule has 6 nitrogen and oxygen atoms in total. The molecule has 1 aromatic rings. The molecule has 0 aromatic carbocycles. The summed E-state index contributed by atoms with van der Waals surface area (Å²) in [5, 5.41) is 9.06. The van der Waals surface area contributed by atoms with Crippen molar-refractivity contribution in [1.29, 1.82) is 0 Å². The lowest BCUT2D eigenvalue weighted by Gasteiger charge is -2.30. The van der Waals surface area contributed by atoms with Gasteiger partial charge in [0, 0.05) is 45.9 Å². The largest absolute Gasteiger partial charge is 0.477 e. The first-order valence-electron chi connectivity index (χ1n) is 7.97. The quantitative estimate of drug-likeness (QED) is 0.890. The summed E-state index contributed by atoms with van der Waals surface area (Å²) in [6.45, 7) is 7.61. The third-order valence-electron chi connectivity index (χ3n) is 4.41. The number of carbonyl (C=O) groups is 1. The van der Waals surface area contributed by atoms with Crippen LogP contribution in [0.3, 0.4) is 0 Å². The fourth-order valence-electron chi connectivity index (χ4n) is 3.08. The van der Waals surface area contributed by atoms with Crippen LogP contribution >= 0.6 is 0 Å². The minimum absolute atomic E-state index is 0.144. The van der Waals surface area contributed by atoms with Crippen molar-refractivity contribution in [2.24, 2.45) is 0 Å². The number of aromatic nitrogens is 1. The molecule has 0 spiro atoms. The number of aromatic carboxylic acids is 1. The van der Waals surface area contributed by atoms with Crippen molar-refractivity contribution in [3.05, 3.63) is 29.1 Å². The number of pyridine rings is 1. The summed E-state index contributed by atoms with van der Waals surface area (Å²) < 4.78 is 5.48. The molecule has 0 atom stereocenters. The lowest BCUT2D eigenvalue weighted by molar-refractivity contribution is 0.0689. The molecular weight excluding hydrogens is 282 g/mol. The van der Waals surface area contributed by atoms with Crippen LogP contribution in [-0.4, -0.2) is 71.8 Å². The third-order valence-corrected chi connectivity index (χ3v) is 4.41. The lowest BCUT2D eigenvalue weighted by atomic mass is 10.0. The molecule has 2 aliphatic rings. The highest BCUT2D eigenvalue weighted by atomic mass is 16.5. The first kappa shape index (κ1) is 15.4. The maximum Gasteiger partial charge on any atom is 0.354 e. The highest BCUT2D eigenvalue weighted by molar-refractivity contribution is 5.85. The molecule has 0 amide bonds. The Morgan fingerprint density at radius 2 is 2.05 bits per heavy atom. The zero-order chi connectivity index (χ0) is 15.4. The van der Waals surface area contributed by atoms with Gasteiger partial charge in [-0.1, -0.05) is 6.07 Å². The minimum atomic E-state index is -0.954. The van der Waals surface area contributed by atoms with Gasteiger partial charge in [-0.2, -0.15) is 0 Å². The molecular formula is C16H23N3O3. The number of fused-ring (bicyclic) bond motifs is 1. The Kier molecular flexibility index (Phi) is 5.02. The van der Waals surface area contributed by atoms with E-state index in [1.807, 2.05) is 6.07 Å². The Bertz CT molecular complexity index is 527. The van der Waals surface area contributed by atoms with Gasteiger partial charge in [-0.25, -0.2) is 9.78 Å². The Balaban J connectivity index is 1.56. The molecule has 0 unspecified atom stereocenters. The summed E-state index contributed by atoms with van der Waals surface area (Å²) in [6.07, 6.45) is 2.05. The van der Waals surface area contributed by atoms with Gasteiger partial charge in [0.1, 0.15) is 5.69 Å². The Hall–Kier alpha value is -1.50. The van der Waals surface area contributed by atoms with Crippen molar-refractivity contribution in [3.8, 4) is 0 Å². The number of rotatable bonds is 4. The van der Waals surface area contributed by atoms with Crippen molar-refractivity contribution in [2.75, 3.05) is 45.9 Å². The van der Waals surface area contributed by atoms with Crippen LogP contribution in [0.25, 0.3) is 0 Å². The van der Waals surface area contributed by atoms with Gasteiger partial charge in [0.25, 0.3) is 0 Å². The molecule has 3 heterocycles. The van der Waals surface area contributed by atoms with Crippen molar-refractivity contribution in [2.45, 2.75) is 19.4 Å². The van der Waals surface area contributed by atoms with Crippen molar-refractivity contribution in [3.63, 3.8) is 0 Å². The smallest absolute Gasteiger partial charge is 0.354 e. The van der Waals surface area contributed by atoms with E-state index in [9.17, 15) is 4.79 Å². The zero-order valence-electron chi connectivity index (χ0n) is 12.8. The number of carboxylic acids is 1. The van der Waals surface area contributed by atoms with Crippen LogP contribution < -0.4 is 0 Å². The molecule has 1 N–H and O–H groups in total. The van der Waals surface area contributed by atoms with Crippen LogP contribution in [0.1, 0.15) is 28.2 Å². The Labute approximate surface area is 130 Å². The normalized spacial score (nSPS) is 20.4. The van der Waals surface area contributed by atoms with E-state index in [2.05, 4.69) is 14.8 Å². The molecule has 0 aliphatic carbocycles. The average molecular weight is 305 g/mol. The monoisotopic (exact) mass is 305 g/mol. The fraction of sp³-hybridized carbons (Fsp3) is 0.625.